The Morgan fingerprint density at radius 1 is 1.14 bits per heavy atom. The minimum absolute atomic E-state index is 0.283. The number of ether oxygens (including phenoxy) is 1. The lowest BCUT2D eigenvalue weighted by molar-refractivity contribution is -0.114. The minimum atomic E-state index is -3.72. The molecule has 0 spiro atoms. The fourth-order valence-electron chi connectivity index (χ4n) is 2.59. The molecule has 0 unspecified atom stereocenters. The average Bonchev–Trinajstić information content (AvgIpc) is 3.14. The van der Waals surface area contributed by atoms with Crippen molar-refractivity contribution >= 4 is 38.1 Å². The van der Waals surface area contributed by atoms with Crippen LogP contribution in [-0.4, -0.2) is 44.4 Å². The Kier molecular flexibility index (Phi) is 6.14. The van der Waals surface area contributed by atoms with Crippen molar-refractivity contribution in [3.05, 3.63) is 54.1 Å². The van der Waals surface area contributed by atoms with Gasteiger partial charge in [-0.3, -0.25) is 14.4 Å². The highest BCUT2D eigenvalue weighted by Crippen LogP contribution is 2.30. The molecule has 152 valence electrons. The summed E-state index contributed by atoms with van der Waals surface area (Å²) in [6.45, 7) is 1.57. The number of anilines is 2. The van der Waals surface area contributed by atoms with Crippen molar-refractivity contribution in [2.45, 2.75) is 6.92 Å². The van der Waals surface area contributed by atoms with E-state index in [2.05, 4.69) is 15.5 Å². The fraction of sp³-hybridized carbons (Fsp3) is 0.211. The topological polar surface area (TPSA) is 101 Å². The van der Waals surface area contributed by atoms with Gasteiger partial charge in [-0.25, -0.2) is 8.42 Å². The summed E-state index contributed by atoms with van der Waals surface area (Å²) < 4.78 is 30.8. The van der Waals surface area contributed by atoms with Crippen molar-refractivity contribution in [2.24, 2.45) is 0 Å². The maximum Gasteiger partial charge on any atom is 0.246 e. The Morgan fingerprint density at radius 2 is 1.83 bits per heavy atom. The van der Waals surface area contributed by atoms with Gasteiger partial charge in [-0.1, -0.05) is 53.3 Å². The number of nitrogens with zero attached hydrogens (tertiary/aromatic N) is 3. The number of hydrogen-bond acceptors (Lipinski definition) is 7. The van der Waals surface area contributed by atoms with Crippen LogP contribution in [-0.2, 0) is 14.8 Å². The van der Waals surface area contributed by atoms with Crippen LogP contribution in [0.3, 0.4) is 0 Å². The van der Waals surface area contributed by atoms with E-state index in [-0.39, 0.29) is 5.69 Å². The van der Waals surface area contributed by atoms with Gasteiger partial charge in [0.25, 0.3) is 0 Å². The Labute approximate surface area is 173 Å². The summed E-state index contributed by atoms with van der Waals surface area (Å²) in [5.41, 5.74) is 2.30. The maximum absolute atomic E-state index is 12.5. The number of para-hydroxylation sites is 2. The standard InChI is InChI=1S/C19H20N4O4S2/c1-13-8-10-14(11-9-13)18-21-22-19(28-18)20-17(24)12-23(29(3,25)26)15-6-4-5-7-16(15)27-2/h4-11H,12H2,1-3H3,(H,20,22,24). The number of sulfonamides is 1. The van der Waals surface area contributed by atoms with E-state index in [1.807, 2.05) is 31.2 Å². The fourth-order valence-corrected chi connectivity index (χ4v) is 4.22. The van der Waals surface area contributed by atoms with E-state index in [1.165, 1.54) is 18.4 Å². The first-order chi connectivity index (χ1) is 13.8. The maximum atomic E-state index is 12.5. The van der Waals surface area contributed by atoms with Gasteiger partial charge in [0, 0.05) is 5.56 Å². The lowest BCUT2D eigenvalue weighted by atomic mass is 10.2. The molecular weight excluding hydrogens is 412 g/mol. The Balaban J connectivity index is 1.77. The van der Waals surface area contributed by atoms with Crippen LogP contribution in [0.5, 0.6) is 5.75 Å². The molecule has 0 fully saturated rings. The smallest absolute Gasteiger partial charge is 0.246 e. The zero-order valence-corrected chi connectivity index (χ0v) is 17.8. The summed E-state index contributed by atoms with van der Waals surface area (Å²) in [5.74, 6) is -0.184. The molecule has 1 amide bonds. The van der Waals surface area contributed by atoms with E-state index in [4.69, 9.17) is 4.74 Å². The van der Waals surface area contributed by atoms with Gasteiger partial charge >= 0.3 is 0 Å². The zero-order chi connectivity index (χ0) is 21.0. The molecule has 0 bridgehead atoms. The van der Waals surface area contributed by atoms with Gasteiger partial charge in [0.15, 0.2) is 0 Å². The Hall–Kier alpha value is -2.98. The zero-order valence-electron chi connectivity index (χ0n) is 16.1. The number of benzene rings is 2. The minimum Gasteiger partial charge on any atom is -0.495 e. The first-order valence-electron chi connectivity index (χ1n) is 8.59. The molecule has 0 aliphatic heterocycles. The number of carbonyl (C=O) groups excluding carboxylic acids is 1. The first kappa shape index (κ1) is 20.7. The monoisotopic (exact) mass is 432 g/mol. The van der Waals surface area contributed by atoms with E-state index in [9.17, 15) is 13.2 Å². The lowest BCUT2D eigenvalue weighted by Crippen LogP contribution is -2.37. The van der Waals surface area contributed by atoms with Crippen LogP contribution in [0.15, 0.2) is 48.5 Å². The third-order valence-electron chi connectivity index (χ3n) is 4.01. The second-order valence-corrected chi connectivity index (χ2v) is 9.15. The number of aromatic nitrogens is 2. The van der Waals surface area contributed by atoms with Gasteiger partial charge in [0.1, 0.15) is 17.3 Å². The molecule has 8 nitrogen and oxygen atoms in total. The molecule has 2 aromatic carbocycles. The van der Waals surface area contributed by atoms with Gasteiger partial charge in [-0.15, -0.1) is 10.2 Å². The number of aryl methyl sites for hydroxylation is 1. The van der Waals surface area contributed by atoms with Gasteiger partial charge in [-0.05, 0) is 19.1 Å². The number of carbonyl (C=O) groups is 1. The van der Waals surface area contributed by atoms with Gasteiger partial charge in [0.2, 0.25) is 21.1 Å². The Bertz CT molecular complexity index is 1110. The molecule has 0 aliphatic carbocycles. The van der Waals surface area contributed by atoms with Crippen LogP contribution in [0.25, 0.3) is 10.6 Å². The summed E-state index contributed by atoms with van der Waals surface area (Å²) in [7, 11) is -2.28. The number of nitrogens with one attached hydrogen (secondary N) is 1. The van der Waals surface area contributed by atoms with Crippen molar-refractivity contribution < 1.29 is 17.9 Å². The highest BCUT2D eigenvalue weighted by Gasteiger charge is 2.24. The third kappa shape index (κ3) is 5.09. The molecule has 3 rings (SSSR count). The predicted octanol–water partition coefficient (Wildman–Crippen LogP) is 2.93. The van der Waals surface area contributed by atoms with Crippen LogP contribution in [0.2, 0.25) is 0 Å². The molecule has 3 aromatic rings. The molecule has 0 radical (unpaired) electrons. The molecule has 29 heavy (non-hydrogen) atoms. The molecule has 0 atom stereocenters. The summed E-state index contributed by atoms with van der Waals surface area (Å²) in [6, 6.07) is 14.4. The quantitative estimate of drug-likeness (QED) is 0.616. The predicted molar refractivity (Wildman–Crippen MR) is 114 cm³/mol. The van der Waals surface area contributed by atoms with E-state index in [0.29, 0.717) is 15.9 Å². The summed E-state index contributed by atoms with van der Waals surface area (Å²) >= 11 is 1.21. The van der Waals surface area contributed by atoms with Crippen LogP contribution in [0.4, 0.5) is 10.8 Å². The van der Waals surface area contributed by atoms with Crippen molar-refractivity contribution in [2.75, 3.05) is 29.5 Å². The molecule has 1 heterocycles. The van der Waals surface area contributed by atoms with E-state index in [1.54, 1.807) is 24.3 Å². The van der Waals surface area contributed by atoms with Gasteiger partial charge in [-0.2, -0.15) is 0 Å². The normalized spacial score (nSPS) is 11.1. The molecule has 0 saturated carbocycles. The first-order valence-corrected chi connectivity index (χ1v) is 11.3. The second kappa shape index (κ2) is 8.58. The Morgan fingerprint density at radius 3 is 2.48 bits per heavy atom. The molecular formula is C19H20N4O4S2. The van der Waals surface area contributed by atoms with Crippen molar-refractivity contribution in [1.82, 2.24) is 10.2 Å². The molecule has 10 heteroatoms. The largest absolute Gasteiger partial charge is 0.495 e. The lowest BCUT2D eigenvalue weighted by Gasteiger charge is -2.23. The van der Waals surface area contributed by atoms with Crippen LogP contribution in [0, 0.1) is 6.92 Å². The number of methoxy groups -OCH3 is 1. The molecule has 1 N–H and O–H groups in total. The third-order valence-corrected chi connectivity index (χ3v) is 6.03. The van der Waals surface area contributed by atoms with Crippen LogP contribution in [0.1, 0.15) is 5.56 Å². The molecule has 1 aromatic heterocycles. The van der Waals surface area contributed by atoms with E-state index >= 15 is 0 Å². The molecule has 0 saturated heterocycles. The van der Waals surface area contributed by atoms with E-state index < -0.39 is 22.5 Å². The van der Waals surface area contributed by atoms with Crippen LogP contribution >= 0.6 is 11.3 Å². The van der Waals surface area contributed by atoms with Gasteiger partial charge < -0.3 is 4.74 Å². The summed E-state index contributed by atoms with van der Waals surface area (Å²) in [5, 5.41) is 11.6. The number of hydrogen-bond donors (Lipinski definition) is 1. The second-order valence-electron chi connectivity index (χ2n) is 6.27. The van der Waals surface area contributed by atoms with Gasteiger partial charge in [0.05, 0.1) is 19.1 Å². The van der Waals surface area contributed by atoms with E-state index in [0.717, 1.165) is 21.7 Å². The average molecular weight is 433 g/mol. The highest BCUT2D eigenvalue weighted by atomic mass is 32.2. The molecule has 0 aliphatic rings. The highest BCUT2D eigenvalue weighted by molar-refractivity contribution is 7.92. The van der Waals surface area contributed by atoms with Crippen molar-refractivity contribution in [3.8, 4) is 16.3 Å². The van der Waals surface area contributed by atoms with Crippen LogP contribution < -0.4 is 14.4 Å². The summed E-state index contributed by atoms with van der Waals surface area (Å²) in [6.07, 6.45) is 1.03. The van der Waals surface area contributed by atoms with Crippen molar-refractivity contribution in [3.63, 3.8) is 0 Å². The summed E-state index contributed by atoms with van der Waals surface area (Å²) in [4.78, 5) is 12.5. The SMILES string of the molecule is COc1ccccc1N(CC(=O)Nc1nnc(-c2ccc(C)cc2)s1)S(C)(=O)=O. The number of amides is 1. The number of rotatable bonds is 7. The van der Waals surface area contributed by atoms with Crippen molar-refractivity contribution in [1.29, 1.82) is 0 Å².